The van der Waals surface area contributed by atoms with Crippen molar-refractivity contribution >= 4 is 11.9 Å². The summed E-state index contributed by atoms with van der Waals surface area (Å²) in [5, 5.41) is 22.0. The van der Waals surface area contributed by atoms with Crippen LogP contribution in [0.3, 0.4) is 0 Å². The van der Waals surface area contributed by atoms with E-state index >= 15 is 4.39 Å². The molecule has 8 nitrogen and oxygen atoms in total. The number of aromatic nitrogens is 1. The minimum absolute atomic E-state index is 0.00196. The largest absolute Gasteiger partial charge is 0.481 e. The number of alkyl halides is 3. The highest BCUT2D eigenvalue weighted by atomic mass is 19.4. The summed E-state index contributed by atoms with van der Waals surface area (Å²) in [6, 6.07) is 4.60. The normalized spacial score (nSPS) is 14.7. The van der Waals surface area contributed by atoms with Gasteiger partial charge in [0.1, 0.15) is 17.7 Å². The van der Waals surface area contributed by atoms with Crippen molar-refractivity contribution in [1.82, 2.24) is 14.8 Å². The van der Waals surface area contributed by atoms with Gasteiger partial charge in [0.25, 0.3) is 5.56 Å². The van der Waals surface area contributed by atoms with Crippen molar-refractivity contribution in [3.63, 3.8) is 0 Å². The number of carboxylic acid groups (broad SMARTS) is 1. The molecule has 1 aliphatic rings. The maximum absolute atomic E-state index is 15.8. The number of likely N-dealkylation sites (tertiary alicyclic amines) is 1. The first-order valence-electron chi connectivity index (χ1n) is 15.6. The molecule has 4 rings (SSSR count). The predicted molar refractivity (Wildman–Crippen MR) is 168 cm³/mol. The molecule has 1 saturated heterocycles. The topological polar surface area (TPSA) is 115 Å². The lowest BCUT2D eigenvalue weighted by Crippen LogP contribution is -2.41. The highest BCUT2D eigenvalue weighted by molar-refractivity contribution is 5.82. The molecule has 48 heavy (non-hydrogen) atoms. The lowest BCUT2D eigenvalue weighted by molar-refractivity contribution is -0.139. The quantitative estimate of drug-likeness (QED) is 0.213. The molecule has 2 atom stereocenters. The molecule has 0 saturated carbocycles. The van der Waals surface area contributed by atoms with E-state index in [0.29, 0.717) is 12.6 Å². The molecule has 0 bridgehead atoms. The van der Waals surface area contributed by atoms with Crippen LogP contribution in [0.2, 0.25) is 0 Å². The number of hydrogen-bond donors (Lipinski definition) is 2. The maximum Gasteiger partial charge on any atom is 0.416 e. The summed E-state index contributed by atoms with van der Waals surface area (Å²) in [5.74, 6) is -4.00. The Morgan fingerprint density at radius 3 is 2.35 bits per heavy atom. The number of aryl methyl sites for hydroxylation is 1. The van der Waals surface area contributed by atoms with Gasteiger partial charge in [0.2, 0.25) is 5.91 Å². The van der Waals surface area contributed by atoms with E-state index in [-0.39, 0.29) is 57.7 Å². The Labute approximate surface area is 274 Å². The number of carbonyl (C=O) groups excluding carboxylic acids is 1. The van der Waals surface area contributed by atoms with E-state index in [2.05, 4.69) is 5.32 Å². The Kier molecular flexibility index (Phi) is 11.1. The van der Waals surface area contributed by atoms with Crippen molar-refractivity contribution in [3.8, 4) is 17.2 Å². The summed E-state index contributed by atoms with van der Waals surface area (Å²) < 4.78 is 73.2. The second-order valence-corrected chi connectivity index (χ2v) is 12.6. The summed E-state index contributed by atoms with van der Waals surface area (Å²) in [6.45, 7) is 8.15. The van der Waals surface area contributed by atoms with Crippen molar-refractivity contribution in [1.29, 1.82) is 5.26 Å². The molecule has 2 unspecified atom stereocenters. The zero-order chi connectivity index (χ0) is 35.5. The third-order valence-electron chi connectivity index (χ3n) is 8.61. The monoisotopic (exact) mass is 672 g/mol. The van der Waals surface area contributed by atoms with E-state index in [1.807, 2.05) is 11.0 Å². The highest BCUT2D eigenvalue weighted by Crippen LogP contribution is 2.35. The zero-order valence-corrected chi connectivity index (χ0v) is 27.0. The number of nitrogens with zero attached hydrogens (tertiary/aromatic N) is 3. The summed E-state index contributed by atoms with van der Waals surface area (Å²) in [4.78, 5) is 41.1. The van der Waals surface area contributed by atoms with Gasteiger partial charge in [-0.05, 0) is 98.6 Å². The average Bonchev–Trinajstić information content (AvgIpc) is 2.97. The van der Waals surface area contributed by atoms with Gasteiger partial charge in [-0.1, -0.05) is 13.8 Å². The molecule has 2 heterocycles. The fourth-order valence-electron chi connectivity index (χ4n) is 6.00. The summed E-state index contributed by atoms with van der Waals surface area (Å²) in [6.07, 6.45) is -3.64. The smallest absolute Gasteiger partial charge is 0.416 e. The lowest BCUT2D eigenvalue weighted by atomic mass is 9.90. The van der Waals surface area contributed by atoms with Crippen LogP contribution >= 0.6 is 0 Å². The molecule has 13 heteroatoms. The number of amides is 1. The van der Waals surface area contributed by atoms with Crippen molar-refractivity contribution in [2.45, 2.75) is 71.6 Å². The van der Waals surface area contributed by atoms with E-state index in [0.717, 1.165) is 36.3 Å². The third-order valence-corrected chi connectivity index (χ3v) is 8.61. The fourth-order valence-corrected chi connectivity index (χ4v) is 6.00. The van der Waals surface area contributed by atoms with E-state index in [1.165, 1.54) is 32.0 Å². The molecule has 0 spiro atoms. The molecule has 1 amide bonds. The standard InChI is InChI=1S/C35H37F5N4O4/c1-19(2)12-29(44-18-23(8-11-43-9-5-10-43)26(15-30(44)45)35(38,39)40)34(48)42-28(16-31(46)47)25-14-24(13-20(3)33(25)37)32-21(4)27(36)7-6-22(32)17-41/h6-7,13-15,18-19,28-29H,5,8-12,16H2,1-4H3,(H,42,48)(H,46,47). The number of rotatable bonds is 12. The summed E-state index contributed by atoms with van der Waals surface area (Å²) in [5.41, 5.74) is -1.97. The number of benzene rings is 2. The van der Waals surface area contributed by atoms with Crippen LogP contribution in [-0.2, 0) is 22.2 Å². The Morgan fingerprint density at radius 1 is 1.10 bits per heavy atom. The average molecular weight is 673 g/mol. The molecule has 1 fully saturated rings. The number of pyridine rings is 1. The van der Waals surface area contributed by atoms with Gasteiger partial charge >= 0.3 is 12.1 Å². The van der Waals surface area contributed by atoms with Crippen molar-refractivity contribution < 1.29 is 36.6 Å². The summed E-state index contributed by atoms with van der Waals surface area (Å²) >= 11 is 0. The van der Waals surface area contributed by atoms with Gasteiger partial charge in [0.15, 0.2) is 0 Å². The molecule has 2 aromatic carbocycles. The van der Waals surface area contributed by atoms with Crippen molar-refractivity contribution in [2.75, 3.05) is 19.6 Å². The minimum Gasteiger partial charge on any atom is -0.481 e. The van der Waals surface area contributed by atoms with E-state index in [1.54, 1.807) is 13.8 Å². The molecule has 256 valence electrons. The van der Waals surface area contributed by atoms with Crippen LogP contribution in [0, 0.1) is 42.7 Å². The fraction of sp³-hybridized carbons (Fsp3) is 0.429. The Balaban J connectivity index is 1.80. The second kappa shape index (κ2) is 14.7. The molecule has 2 N–H and O–H groups in total. The number of hydrogen-bond acceptors (Lipinski definition) is 5. The third kappa shape index (κ3) is 8.10. The minimum atomic E-state index is -4.81. The van der Waals surface area contributed by atoms with Crippen LogP contribution < -0.4 is 10.9 Å². The number of carbonyl (C=O) groups is 2. The van der Waals surface area contributed by atoms with Crippen molar-refractivity contribution in [3.05, 3.63) is 91.9 Å². The van der Waals surface area contributed by atoms with Gasteiger partial charge in [-0.3, -0.25) is 14.4 Å². The first-order valence-corrected chi connectivity index (χ1v) is 15.6. The van der Waals surface area contributed by atoms with Gasteiger partial charge in [0, 0.05) is 29.9 Å². The Bertz CT molecular complexity index is 1810. The van der Waals surface area contributed by atoms with Crippen LogP contribution in [0.5, 0.6) is 0 Å². The molecule has 0 aliphatic carbocycles. The molecular weight excluding hydrogens is 635 g/mol. The highest BCUT2D eigenvalue weighted by Gasteiger charge is 2.36. The van der Waals surface area contributed by atoms with E-state index in [9.17, 15) is 42.3 Å². The van der Waals surface area contributed by atoms with Crippen molar-refractivity contribution in [2.24, 2.45) is 5.92 Å². The van der Waals surface area contributed by atoms with E-state index < -0.39 is 59.3 Å². The van der Waals surface area contributed by atoms with Crippen LogP contribution in [0.4, 0.5) is 22.0 Å². The number of carboxylic acids is 1. The molecule has 1 aliphatic heterocycles. The summed E-state index contributed by atoms with van der Waals surface area (Å²) in [7, 11) is 0. The number of halogens is 5. The number of aliphatic carboxylic acids is 1. The first kappa shape index (κ1) is 36.3. The molecular formula is C35H37F5N4O4. The van der Waals surface area contributed by atoms with Crippen LogP contribution in [0.25, 0.3) is 11.1 Å². The second-order valence-electron chi connectivity index (χ2n) is 12.6. The Morgan fingerprint density at radius 2 is 1.79 bits per heavy atom. The van der Waals surface area contributed by atoms with Gasteiger partial charge in [0.05, 0.1) is 29.7 Å². The van der Waals surface area contributed by atoms with Gasteiger partial charge in [-0.25, -0.2) is 8.78 Å². The van der Waals surface area contributed by atoms with Gasteiger partial charge in [-0.2, -0.15) is 18.4 Å². The number of nitrogens with one attached hydrogen (secondary N) is 1. The van der Waals surface area contributed by atoms with Crippen LogP contribution in [0.15, 0.2) is 41.3 Å². The van der Waals surface area contributed by atoms with Gasteiger partial charge < -0.3 is 19.9 Å². The first-order chi connectivity index (χ1) is 22.5. The predicted octanol–water partition coefficient (Wildman–Crippen LogP) is 6.47. The molecule has 1 aromatic heterocycles. The molecule has 3 aromatic rings. The van der Waals surface area contributed by atoms with Gasteiger partial charge in [-0.15, -0.1) is 0 Å². The SMILES string of the molecule is Cc1cc(-c2c(C#N)ccc(F)c2C)cc(C(CC(=O)O)NC(=O)C(CC(C)C)n2cc(CCN3CCC3)c(C(F)(F)F)cc2=O)c1F. The maximum atomic E-state index is 15.8. The molecule has 0 radical (unpaired) electrons. The number of nitriles is 1. The van der Waals surface area contributed by atoms with E-state index in [4.69, 9.17) is 0 Å². The lowest BCUT2D eigenvalue weighted by Gasteiger charge is -2.31. The Hall–Kier alpha value is -4.57. The zero-order valence-electron chi connectivity index (χ0n) is 27.0. The van der Waals surface area contributed by atoms with Crippen LogP contribution in [-0.4, -0.2) is 46.1 Å². The van der Waals surface area contributed by atoms with Crippen LogP contribution in [0.1, 0.15) is 78.6 Å².